The summed E-state index contributed by atoms with van der Waals surface area (Å²) >= 11 is 0. The van der Waals surface area contributed by atoms with Crippen molar-refractivity contribution in [2.45, 2.75) is 32.8 Å². The van der Waals surface area contributed by atoms with Gasteiger partial charge >= 0.3 is 0 Å². The number of nitrogens with one attached hydrogen (secondary N) is 1. The molecule has 2 N–H and O–H groups in total. The molecule has 0 spiro atoms. The molecule has 1 amide bonds. The lowest BCUT2D eigenvalue weighted by Crippen LogP contribution is -2.47. The van der Waals surface area contributed by atoms with Gasteiger partial charge in [-0.3, -0.25) is 4.79 Å². The summed E-state index contributed by atoms with van der Waals surface area (Å²) in [5.74, 6) is 0.476. The van der Waals surface area contributed by atoms with E-state index in [1.54, 1.807) is 11.9 Å². The number of amides is 1. The Balaban J connectivity index is 2.51. The molecule has 1 aliphatic rings. The van der Waals surface area contributed by atoms with Crippen LogP contribution in [0.1, 0.15) is 27.2 Å². The minimum absolute atomic E-state index is 0.0166. The Bertz CT molecular complexity index is 247. The Hall–Kier alpha value is -0.610. The second-order valence-corrected chi connectivity index (χ2v) is 5.38. The molecule has 94 valence electrons. The van der Waals surface area contributed by atoms with Gasteiger partial charge in [0.05, 0.1) is 12.1 Å². The van der Waals surface area contributed by atoms with Gasteiger partial charge in [0, 0.05) is 19.5 Å². The molecule has 16 heavy (non-hydrogen) atoms. The maximum atomic E-state index is 12.0. The molecule has 0 radical (unpaired) electrons. The van der Waals surface area contributed by atoms with Crippen LogP contribution in [0.2, 0.25) is 0 Å². The number of β-amino-alcohol motifs (C(OH)–C–C–N with tert-alkyl or cyclic N) is 1. The van der Waals surface area contributed by atoms with Crippen LogP contribution >= 0.6 is 0 Å². The average Bonchev–Trinajstić information content (AvgIpc) is 2.62. The molecule has 1 fully saturated rings. The third kappa shape index (κ3) is 3.19. The number of aliphatic hydroxyl groups is 1. The average molecular weight is 228 g/mol. The van der Waals surface area contributed by atoms with Gasteiger partial charge in [-0.05, 0) is 18.9 Å². The van der Waals surface area contributed by atoms with Gasteiger partial charge < -0.3 is 15.3 Å². The van der Waals surface area contributed by atoms with Gasteiger partial charge in [-0.25, -0.2) is 0 Å². The minimum Gasteiger partial charge on any atom is -0.387 e. The maximum Gasteiger partial charge on any atom is 0.225 e. The Morgan fingerprint density at radius 2 is 2.12 bits per heavy atom. The summed E-state index contributed by atoms with van der Waals surface area (Å²) in [7, 11) is 1.78. The lowest BCUT2D eigenvalue weighted by Gasteiger charge is -2.30. The largest absolute Gasteiger partial charge is 0.387 e. The molecule has 0 aliphatic carbocycles. The highest BCUT2D eigenvalue weighted by molar-refractivity contribution is 5.78. The van der Waals surface area contributed by atoms with E-state index in [0.717, 1.165) is 13.0 Å². The fourth-order valence-corrected chi connectivity index (χ4v) is 2.02. The molecule has 0 aromatic heterocycles. The van der Waals surface area contributed by atoms with E-state index in [1.165, 1.54) is 0 Å². The van der Waals surface area contributed by atoms with E-state index in [1.807, 2.05) is 20.8 Å². The zero-order valence-corrected chi connectivity index (χ0v) is 10.8. The monoisotopic (exact) mass is 228 g/mol. The van der Waals surface area contributed by atoms with Crippen molar-refractivity contribution < 1.29 is 9.90 Å². The van der Waals surface area contributed by atoms with Crippen molar-refractivity contribution in [3.63, 3.8) is 0 Å². The van der Waals surface area contributed by atoms with Crippen molar-refractivity contribution in [3.8, 4) is 0 Å². The molecular formula is C12H24N2O2. The van der Waals surface area contributed by atoms with Crippen LogP contribution in [0.25, 0.3) is 0 Å². The van der Waals surface area contributed by atoms with Crippen molar-refractivity contribution in [1.82, 2.24) is 10.2 Å². The molecule has 0 aromatic rings. The summed E-state index contributed by atoms with van der Waals surface area (Å²) < 4.78 is 0. The van der Waals surface area contributed by atoms with E-state index < -0.39 is 5.60 Å². The summed E-state index contributed by atoms with van der Waals surface area (Å²) in [5.41, 5.74) is -0.735. The van der Waals surface area contributed by atoms with Crippen LogP contribution < -0.4 is 5.32 Å². The number of hydrogen-bond donors (Lipinski definition) is 2. The van der Waals surface area contributed by atoms with E-state index in [4.69, 9.17) is 0 Å². The predicted octanol–water partition coefficient (Wildman–Crippen LogP) is 0.461. The van der Waals surface area contributed by atoms with Gasteiger partial charge in [0.25, 0.3) is 0 Å². The fourth-order valence-electron chi connectivity index (χ4n) is 2.02. The van der Waals surface area contributed by atoms with Gasteiger partial charge in [-0.1, -0.05) is 20.8 Å². The Morgan fingerprint density at radius 1 is 1.50 bits per heavy atom. The Morgan fingerprint density at radius 3 is 2.56 bits per heavy atom. The SMILES string of the molecule is CC(C)C(C)C(=O)N(C)CC1(O)CCNC1. The highest BCUT2D eigenvalue weighted by Crippen LogP contribution is 2.18. The molecule has 2 atom stereocenters. The Kier molecular flexibility index (Phi) is 4.33. The van der Waals surface area contributed by atoms with Crippen molar-refractivity contribution in [2.24, 2.45) is 11.8 Å². The zero-order chi connectivity index (χ0) is 12.3. The van der Waals surface area contributed by atoms with Crippen molar-refractivity contribution >= 4 is 5.91 Å². The first kappa shape index (κ1) is 13.5. The second kappa shape index (κ2) is 5.15. The number of carbonyl (C=O) groups excluding carboxylic acids is 1. The molecular weight excluding hydrogens is 204 g/mol. The zero-order valence-electron chi connectivity index (χ0n) is 10.8. The molecule has 0 saturated carbocycles. The highest BCUT2D eigenvalue weighted by atomic mass is 16.3. The van der Waals surface area contributed by atoms with E-state index >= 15 is 0 Å². The van der Waals surface area contributed by atoms with Crippen LogP contribution in [-0.2, 0) is 4.79 Å². The Labute approximate surface area is 98.0 Å². The van der Waals surface area contributed by atoms with Gasteiger partial charge in [-0.15, -0.1) is 0 Å². The van der Waals surface area contributed by atoms with Crippen LogP contribution in [0.3, 0.4) is 0 Å². The lowest BCUT2D eigenvalue weighted by molar-refractivity contribution is -0.137. The van der Waals surface area contributed by atoms with Gasteiger partial charge in [0.15, 0.2) is 0 Å². The maximum absolute atomic E-state index is 12.0. The number of nitrogens with zero attached hydrogens (tertiary/aromatic N) is 1. The first-order chi connectivity index (χ1) is 7.36. The molecule has 2 unspecified atom stereocenters. The first-order valence-electron chi connectivity index (χ1n) is 6.04. The van der Waals surface area contributed by atoms with Gasteiger partial charge in [0.1, 0.15) is 0 Å². The molecule has 0 aromatic carbocycles. The molecule has 1 saturated heterocycles. The van der Waals surface area contributed by atoms with Crippen LogP contribution in [-0.4, -0.2) is 48.2 Å². The van der Waals surface area contributed by atoms with Crippen LogP contribution in [0, 0.1) is 11.8 Å². The third-order valence-corrected chi connectivity index (χ3v) is 3.52. The molecule has 4 heteroatoms. The van der Waals surface area contributed by atoms with Crippen molar-refractivity contribution in [3.05, 3.63) is 0 Å². The summed E-state index contributed by atoms with van der Waals surface area (Å²) in [6.07, 6.45) is 0.723. The molecule has 1 rings (SSSR count). The van der Waals surface area contributed by atoms with E-state index in [9.17, 15) is 9.90 Å². The van der Waals surface area contributed by atoms with E-state index in [0.29, 0.717) is 19.0 Å². The second-order valence-electron chi connectivity index (χ2n) is 5.38. The highest BCUT2D eigenvalue weighted by Gasteiger charge is 2.34. The first-order valence-corrected chi connectivity index (χ1v) is 6.04. The summed E-state index contributed by atoms with van der Waals surface area (Å²) in [5, 5.41) is 13.3. The third-order valence-electron chi connectivity index (χ3n) is 3.52. The van der Waals surface area contributed by atoms with Gasteiger partial charge in [0.2, 0.25) is 5.91 Å². The number of rotatable bonds is 4. The van der Waals surface area contributed by atoms with Crippen LogP contribution in [0.15, 0.2) is 0 Å². The summed E-state index contributed by atoms with van der Waals surface area (Å²) in [6.45, 7) is 7.87. The van der Waals surface area contributed by atoms with Crippen molar-refractivity contribution in [2.75, 3.05) is 26.7 Å². The molecule has 1 heterocycles. The number of carbonyl (C=O) groups is 1. The summed E-state index contributed by atoms with van der Waals surface area (Å²) in [6, 6.07) is 0. The fraction of sp³-hybridized carbons (Fsp3) is 0.917. The van der Waals surface area contributed by atoms with Crippen LogP contribution in [0.5, 0.6) is 0 Å². The normalized spacial score (nSPS) is 27.1. The number of hydrogen-bond acceptors (Lipinski definition) is 3. The van der Waals surface area contributed by atoms with E-state index in [-0.39, 0.29) is 11.8 Å². The predicted molar refractivity (Wildman–Crippen MR) is 64.1 cm³/mol. The minimum atomic E-state index is -0.735. The topological polar surface area (TPSA) is 52.6 Å². The summed E-state index contributed by atoms with van der Waals surface area (Å²) in [4.78, 5) is 13.7. The van der Waals surface area contributed by atoms with Crippen molar-refractivity contribution in [1.29, 1.82) is 0 Å². The molecule has 0 bridgehead atoms. The van der Waals surface area contributed by atoms with E-state index in [2.05, 4.69) is 5.32 Å². The van der Waals surface area contributed by atoms with Crippen LogP contribution in [0.4, 0.5) is 0 Å². The molecule has 4 nitrogen and oxygen atoms in total. The standard InChI is InChI=1S/C12H24N2O2/c1-9(2)10(3)11(15)14(4)8-12(16)5-6-13-7-12/h9-10,13,16H,5-8H2,1-4H3. The molecule has 1 aliphatic heterocycles. The quantitative estimate of drug-likeness (QED) is 0.735. The van der Waals surface area contributed by atoms with Gasteiger partial charge in [-0.2, -0.15) is 0 Å². The number of likely N-dealkylation sites (N-methyl/N-ethyl adjacent to an activating group) is 1. The smallest absolute Gasteiger partial charge is 0.225 e. The lowest BCUT2D eigenvalue weighted by atomic mass is 9.95.